The Bertz CT molecular complexity index is 516. The van der Waals surface area contributed by atoms with Crippen molar-refractivity contribution in [2.75, 3.05) is 0 Å². The summed E-state index contributed by atoms with van der Waals surface area (Å²) in [4.78, 5) is 28.0. The maximum Gasteiger partial charge on any atom is 0.210 e. The van der Waals surface area contributed by atoms with Gasteiger partial charge in [0.25, 0.3) is 0 Å². The largest absolute Gasteiger partial charge is 0.541 e. The Morgan fingerprint density at radius 3 is 2.93 bits per heavy atom. The minimum atomic E-state index is -1.71. The number of carboxylic acid groups (broad SMARTS) is 1. The molecule has 5 heteroatoms. The van der Waals surface area contributed by atoms with E-state index in [4.69, 9.17) is 0 Å². The van der Waals surface area contributed by atoms with Gasteiger partial charge in [-0.2, -0.15) is 0 Å². The van der Waals surface area contributed by atoms with E-state index in [1.54, 1.807) is 12.3 Å². The summed E-state index contributed by atoms with van der Waals surface area (Å²) >= 11 is 0. The summed E-state index contributed by atoms with van der Waals surface area (Å²) in [6, 6.07) is 1.65. The van der Waals surface area contributed by atoms with Crippen LogP contribution in [0.1, 0.15) is 10.4 Å². The van der Waals surface area contributed by atoms with Crippen LogP contribution >= 0.6 is 0 Å². The van der Waals surface area contributed by atoms with Crippen molar-refractivity contribution in [3.63, 3.8) is 0 Å². The monoisotopic (exact) mass is 189 g/mol. The molecule has 2 aromatic rings. The van der Waals surface area contributed by atoms with Gasteiger partial charge in [0.15, 0.2) is 0 Å². The SMILES string of the molecule is O=C([O-])C(=O)c1c[nH]c2ccncc12. The molecule has 0 spiro atoms. The highest BCUT2D eigenvalue weighted by molar-refractivity contribution is 6.41. The van der Waals surface area contributed by atoms with E-state index in [9.17, 15) is 14.7 Å². The third-order valence-electron chi connectivity index (χ3n) is 1.91. The number of hydrogen-bond acceptors (Lipinski definition) is 4. The summed E-state index contributed by atoms with van der Waals surface area (Å²) in [5, 5.41) is 10.8. The van der Waals surface area contributed by atoms with E-state index in [2.05, 4.69) is 9.97 Å². The molecule has 0 radical (unpaired) electrons. The summed E-state index contributed by atoms with van der Waals surface area (Å²) in [6.07, 6.45) is 4.32. The lowest BCUT2D eigenvalue weighted by molar-refractivity contribution is -0.296. The van der Waals surface area contributed by atoms with Crippen LogP contribution in [0.3, 0.4) is 0 Å². The van der Waals surface area contributed by atoms with E-state index in [0.717, 1.165) is 0 Å². The number of carbonyl (C=O) groups is 2. The molecule has 0 aliphatic rings. The Balaban J connectivity index is 2.64. The van der Waals surface area contributed by atoms with Crippen LogP contribution in [-0.4, -0.2) is 21.7 Å². The zero-order valence-corrected chi connectivity index (χ0v) is 6.98. The predicted octanol–water partition coefficient (Wildman–Crippen LogP) is -0.505. The van der Waals surface area contributed by atoms with Crippen LogP contribution in [0, 0.1) is 0 Å². The highest BCUT2D eigenvalue weighted by Gasteiger charge is 2.12. The van der Waals surface area contributed by atoms with E-state index in [-0.39, 0.29) is 5.56 Å². The number of aromatic nitrogens is 2. The number of carbonyl (C=O) groups excluding carboxylic acids is 2. The zero-order valence-electron chi connectivity index (χ0n) is 6.98. The molecule has 1 N–H and O–H groups in total. The number of pyridine rings is 1. The lowest BCUT2D eigenvalue weighted by Gasteiger charge is -1.97. The molecular weight excluding hydrogens is 184 g/mol. The fourth-order valence-corrected chi connectivity index (χ4v) is 1.26. The summed E-state index contributed by atoms with van der Waals surface area (Å²) < 4.78 is 0. The van der Waals surface area contributed by atoms with Crippen LogP contribution in [0.5, 0.6) is 0 Å². The number of Topliss-reactive ketones (excluding diaryl/α,β-unsaturated/α-hetero) is 1. The predicted molar refractivity (Wildman–Crippen MR) is 45.4 cm³/mol. The molecule has 70 valence electrons. The maximum absolute atomic E-state index is 11.1. The lowest BCUT2D eigenvalue weighted by atomic mass is 10.1. The number of carboxylic acids is 1. The standard InChI is InChI=1S/C9H6N2O3/c12-8(9(13)14)6-4-11-7-1-2-10-3-5(6)7/h1-4,11H,(H,13,14)/p-1. The third-order valence-corrected chi connectivity index (χ3v) is 1.91. The summed E-state index contributed by atoms with van der Waals surface area (Å²) in [7, 11) is 0. The molecule has 0 aliphatic heterocycles. The number of fused-ring (bicyclic) bond motifs is 1. The van der Waals surface area contributed by atoms with Gasteiger partial charge in [-0.05, 0) is 6.07 Å². The normalized spacial score (nSPS) is 10.3. The van der Waals surface area contributed by atoms with Crippen molar-refractivity contribution in [1.82, 2.24) is 9.97 Å². The van der Waals surface area contributed by atoms with Crippen LogP contribution in [0.15, 0.2) is 24.7 Å². The summed E-state index contributed by atoms with van der Waals surface area (Å²) in [6.45, 7) is 0. The van der Waals surface area contributed by atoms with Gasteiger partial charge in [0, 0.05) is 29.5 Å². The average molecular weight is 189 g/mol. The van der Waals surface area contributed by atoms with Crippen LogP contribution in [0.2, 0.25) is 0 Å². The van der Waals surface area contributed by atoms with E-state index in [1.807, 2.05) is 0 Å². The van der Waals surface area contributed by atoms with Gasteiger partial charge < -0.3 is 14.9 Å². The molecule has 0 saturated carbocycles. The molecule has 2 rings (SSSR count). The van der Waals surface area contributed by atoms with Crippen LogP contribution in [-0.2, 0) is 4.79 Å². The van der Waals surface area contributed by atoms with Crippen molar-refractivity contribution < 1.29 is 14.7 Å². The minimum absolute atomic E-state index is 0.0769. The number of hydrogen-bond donors (Lipinski definition) is 1. The van der Waals surface area contributed by atoms with Gasteiger partial charge in [0.2, 0.25) is 5.78 Å². The van der Waals surface area contributed by atoms with Crippen LogP contribution in [0.4, 0.5) is 0 Å². The fourth-order valence-electron chi connectivity index (χ4n) is 1.26. The van der Waals surface area contributed by atoms with Crippen molar-refractivity contribution in [2.24, 2.45) is 0 Å². The first-order chi connectivity index (χ1) is 6.70. The molecule has 0 unspecified atom stereocenters. The number of aliphatic carboxylic acids is 1. The first-order valence-electron chi connectivity index (χ1n) is 3.87. The van der Waals surface area contributed by atoms with Crippen LogP contribution in [0.25, 0.3) is 10.9 Å². The Hall–Kier alpha value is -2.17. The van der Waals surface area contributed by atoms with Crippen molar-refractivity contribution >= 4 is 22.7 Å². The van der Waals surface area contributed by atoms with Crippen molar-refractivity contribution in [2.45, 2.75) is 0 Å². The van der Waals surface area contributed by atoms with Gasteiger partial charge in [-0.1, -0.05) is 0 Å². The van der Waals surface area contributed by atoms with E-state index >= 15 is 0 Å². The van der Waals surface area contributed by atoms with E-state index in [0.29, 0.717) is 10.9 Å². The second kappa shape index (κ2) is 2.95. The van der Waals surface area contributed by atoms with E-state index in [1.165, 1.54) is 12.4 Å². The third kappa shape index (κ3) is 1.15. The van der Waals surface area contributed by atoms with Crippen LogP contribution < -0.4 is 5.11 Å². The molecule has 0 saturated heterocycles. The minimum Gasteiger partial charge on any atom is -0.541 e. The first-order valence-corrected chi connectivity index (χ1v) is 3.87. The van der Waals surface area contributed by atoms with Crippen molar-refractivity contribution in [3.05, 3.63) is 30.2 Å². The molecule has 0 aromatic carbocycles. The Morgan fingerprint density at radius 1 is 1.43 bits per heavy atom. The molecule has 2 aromatic heterocycles. The Kier molecular flexibility index (Phi) is 1.78. The first kappa shape index (κ1) is 8.43. The number of H-pyrrole nitrogens is 1. The Labute approximate surface area is 78.4 Å². The van der Waals surface area contributed by atoms with Gasteiger partial charge in [-0.25, -0.2) is 0 Å². The molecule has 5 nitrogen and oxygen atoms in total. The highest BCUT2D eigenvalue weighted by Crippen LogP contribution is 2.16. The van der Waals surface area contributed by atoms with E-state index < -0.39 is 11.8 Å². The lowest BCUT2D eigenvalue weighted by Crippen LogP contribution is -2.31. The summed E-state index contributed by atoms with van der Waals surface area (Å²) in [5.74, 6) is -2.75. The van der Waals surface area contributed by atoms with Gasteiger partial charge in [0.05, 0.1) is 5.56 Å². The number of nitrogens with one attached hydrogen (secondary N) is 1. The molecule has 0 fully saturated rings. The second-order valence-electron chi connectivity index (χ2n) is 2.74. The summed E-state index contributed by atoms with van der Waals surface area (Å²) in [5.41, 5.74) is 0.748. The molecule has 0 aliphatic carbocycles. The molecule has 0 atom stereocenters. The highest BCUT2D eigenvalue weighted by atomic mass is 16.4. The quantitative estimate of drug-likeness (QED) is 0.509. The fraction of sp³-hybridized carbons (Fsp3) is 0. The smallest absolute Gasteiger partial charge is 0.210 e. The van der Waals surface area contributed by atoms with Gasteiger partial charge >= 0.3 is 0 Å². The second-order valence-corrected chi connectivity index (χ2v) is 2.74. The molecule has 14 heavy (non-hydrogen) atoms. The number of nitrogens with zero attached hydrogens (tertiary/aromatic N) is 1. The number of aromatic amines is 1. The number of ketones is 1. The van der Waals surface area contributed by atoms with Gasteiger partial charge in [-0.3, -0.25) is 9.78 Å². The van der Waals surface area contributed by atoms with Gasteiger partial charge in [0.1, 0.15) is 5.97 Å². The number of rotatable bonds is 2. The maximum atomic E-state index is 11.1. The topological polar surface area (TPSA) is 85.9 Å². The molecule has 0 amide bonds. The van der Waals surface area contributed by atoms with Gasteiger partial charge in [-0.15, -0.1) is 0 Å². The molecular formula is C9H5N2O3-. The van der Waals surface area contributed by atoms with Crippen molar-refractivity contribution in [3.8, 4) is 0 Å². The Morgan fingerprint density at radius 2 is 2.21 bits per heavy atom. The average Bonchev–Trinajstić information content (AvgIpc) is 2.60. The zero-order chi connectivity index (χ0) is 10.1. The molecule has 0 bridgehead atoms. The molecule has 2 heterocycles. The van der Waals surface area contributed by atoms with Crippen molar-refractivity contribution in [1.29, 1.82) is 0 Å².